The summed E-state index contributed by atoms with van der Waals surface area (Å²) >= 11 is 0. The van der Waals surface area contributed by atoms with Crippen LogP contribution in [0, 0.1) is 0 Å². The van der Waals surface area contributed by atoms with Crippen LogP contribution in [0.25, 0.3) is 0 Å². The molecule has 1 saturated heterocycles. The molecule has 3 amide bonds. The molecule has 1 aromatic rings. The van der Waals surface area contributed by atoms with E-state index >= 15 is 0 Å². The van der Waals surface area contributed by atoms with Crippen LogP contribution in [0.2, 0.25) is 0 Å². The molecular formula is C17H23F3N2O6S. The van der Waals surface area contributed by atoms with Crippen LogP contribution >= 0.6 is 0 Å². The number of amides is 3. The number of sulfone groups is 1. The van der Waals surface area contributed by atoms with Crippen molar-refractivity contribution in [2.24, 2.45) is 0 Å². The molecule has 1 atom stereocenters. The minimum absolute atomic E-state index is 0.0203. The maximum atomic E-state index is 12.3. The smallest absolute Gasteiger partial charge is 0.422 e. The Balaban J connectivity index is 1.71. The first-order valence-corrected chi connectivity index (χ1v) is 10.8. The highest BCUT2D eigenvalue weighted by Gasteiger charge is 2.29. The highest BCUT2D eigenvalue weighted by Crippen LogP contribution is 2.26. The van der Waals surface area contributed by atoms with E-state index in [0.717, 1.165) is 6.26 Å². The molecule has 0 spiro atoms. The van der Waals surface area contributed by atoms with Crippen molar-refractivity contribution < 1.29 is 40.3 Å². The van der Waals surface area contributed by atoms with E-state index in [-0.39, 0.29) is 35.5 Å². The third-order valence-electron chi connectivity index (χ3n) is 4.24. The SMILES string of the molecule is C[C@@H](CS(=O)(=O)CCCCCN1CC(=O)NC1=O)c1cc(OCC(F)(F)F)co1. The molecule has 8 nitrogen and oxygen atoms in total. The minimum Gasteiger partial charge on any atom is -0.481 e. The highest BCUT2D eigenvalue weighted by molar-refractivity contribution is 7.91. The molecule has 1 aliphatic heterocycles. The second-order valence-electron chi connectivity index (χ2n) is 6.94. The lowest BCUT2D eigenvalue weighted by Gasteiger charge is -2.13. The maximum Gasteiger partial charge on any atom is 0.422 e. The summed E-state index contributed by atoms with van der Waals surface area (Å²) in [6.07, 6.45) is -1.91. The van der Waals surface area contributed by atoms with Crippen molar-refractivity contribution in [3.05, 3.63) is 18.1 Å². The van der Waals surface area contributed by atoms with Gasteiger partial charge in [-0.15, -0.1) is 0 Å². The van der Waals surface area contributed by atoms with Gasteiger partial charge in [-0.05, 0) is 12.8 Å². The molecular weight excluding hydrogens is 417 g/mol. The number of hydrogen-bond acceptors (Lipinski definition) is 6. The van der Waals surface area contributed by atoms with Gasteiger partial charge in [-0.25, -0.2) is 13.2 Å². The first-order valence-electron chi connectivity index (χ1n) is 9.02. The van der Waals surface area contributed by atoms with Gasteiger partial charge in [0.25, 0.3) is 0 Å². The molecule has 2 heterocycles. The quantitative estimate of drug-likeness (QED) is 0.419. The van der Waals surface area contributed by atoms with Crippen molar-refractivity contribution >= 4 is 21.8 Å². The van der Waals surface area contributed by atoms with Crippen molar-refractivity contribution in [2.45, 2.75) is 38.3 Å². The fraction of sp³-hybridized carbons (Fsp3) is 0.647. The van der Waals surface area contributed by atoms with Crippen LogP contribution in [-0.4, -0.2) is 62.6 Å². The lowest BCUT2D eigenvalue weighted by molar-refractivity contribution is -0.153. The number of imide groups is 1. The average Bonchev–Trinajstić information content (AvgIpc) is 3.18. The van der Waals surface area contributed by atoms with E-state index in [1.54, 1.807) is 6.92 Å². The summed E-state index contributed by atoms with van der Waals surface area (Å²) in [7, 11) is -3.40. The van der Waals surface area contributed by atoms with Crippen LogP contribution in [0.5, 0.6) is 5.75 Å². The summed E-state index contributed by atoms with van der Waals surface area (Å²) < 4.78 is 70.7. The fourth-order valence-corrected chi connectivity index (χ4v) is 4.58. The Morgan fingerprint density at radius 3 is 2.62 bits per heavy atom. The van der Waals surface area contributed by atoms with Crippen LogP contribution in [0.15, 0.2) is 16.7 Å². The molecule has 0 unspecified atom stereocenters. The van der Waals surface area contributed by atoms with Crippen LogP contribution in [0.3, 0.4) is 0 Å². The Labute approximate surface area is 166 Å². The van der Waals surface area contributed by atoms with E-state index in [9.17, 15) is 31.2 Å². The molecule has 164 valence electrons. The largest absolute Gasteiger partial charge is 0.481 e. The molecule has 0 aromatic carbocycles. The van der Waals surface area contributed by atoms with Crippen molar-refractivity contribution in [1.29, 1.82) is 0 Å². The normalized spacial score (nSPS) is 16.2. The Kier molecular flexibility index (Phi) is 7.55. The van der Waals surface area contributed by atoms with Gasteiger partial charge in [0, 0.05) is 18.5 Å². The number of hydrogen-bond donors (Lipinski definition) is 1. The average molecular weight is 440 g/mol. The van der Waals surface area contributed by atoms with Crippen LogP contribution in [-0.2, 0) is 14.6 Å². The zero-order valence-electron chi connectivity index (χ0n) is 15.8. The van der Waals surface area contributed by atoms with Gasteiger partial charge in [0.1, 0.15) is 18.6 Å². The fourth-order valence-electron chi connectivity index (χ4n) is 2.85. The number of alkyl halides is 3. The molecule has 0 bridgehead atoms. The zero-order chi connectivity index (χ0) is 21.7. The third kappa shape index (κ3) is 7.95. The second-order valence-corrected chi connectivity index (χ2v) is 9.17. The van der Waals surface area contributed by atoms with Gasteiger partial charge in [0.05, 0.1) is 11.5 Å². The van der Waals surface area contributed by atoms with Gasteiger partial charge >= 0.3 is 12.2 Å². The van der Waals surface area contributed by atoms with Crippen molar-refractivity contribution in [3.8, 4) is 5.75 Å². The molecule has 2 rings (SSSR count). The van der Waals surface area contributed by atoms with E-state index in [0.29, 0.717) is 25.8 Å². The zero-order valence-corrected chi connectivity index (χ0v) is 16.6. The Morgan fingerprint density at radius 1 is 1.28 bits per heavy atom. The lowest BCUT2D eigenvalue weighted by atomic mass is 10.1. The van der Waals surface area contributed by atoms with Crippen molar-refractivity contribution in [1.82, 2.24) is 10.2 Å². The van der Waals surface area contributed by atoms with Gasteiger partial charge in [0.2, 0.25) is 5.91 Å². The molecule has 1 aromatic heterocycles. The minimum atomic E-state index is -4.47. The lowest BCUT2D eigenvalue weighted by Crippen LogP contribution is -2.29. The Morgan fingerprint density at radius 2 is 2.00 bits per heavy atom. The number of urea groups is 1. The first kappa shape index (κ1) is 23.0. The first-order chi connectivity index (χ1) is 13.5. The number of halogens is 3. The number of furan rings is 1. The summed E-state index contributed by atoms with van der Waals surface area (Å²) in [5.74, 6) is -1.02. The second kappa shape index (κ2) is 9.51. The van der Waals surface area contributed by atoms with Crippen molar-refractivity contribution in [3.63, 3.8) is 0 Å². The predicted molar refractivity (Wildman–Crippen MR) is 96.3 cm³/mol. The standard InChI is InChI=1S/C17H23F3N2O6S/c1-12(14-7-13(9-27-14)28-11-17(18,19)20)10-29(25,26)6-4-2-3-5-22-8-15(23)21-16(22)24/h7,9,12H,2-6,8,10-11H2,1H3,(H,21,23,24)/t12-/m0/s1. The summed E-state index contributed by atoms with van der Waals surface area (Å²) in [4.78, 5) is 23.8. The monoisotopic (exact) mass is 440 g/mol. The molecule has 12 heteroatoms. The van der Waals surface area contributed by atoms with E-state index < -0.39 is 34.6 Å². The third-order valence-corrected chi connectivity index (χ3v) is 6.16. The summed E-state index contributed by atoms with van der Waals surface area (Å²) in [6, 6.07) is 0.822. The predicted octanol–water partition coefficient (Wildman–Crippen LogP) is 2.46. The van der Waals surface area contributed by atoms with Gasteiger partial charge in [0.15, 0.2) is 22.2 Å². The van der Waals surface area contributed by atoms with Crippen LogP contribution in [0.4, 0.5) is 18.0 Å². The van der Waals surface area contributed by atoms with Gasteiger partial charge in [-0.2, -0.15) is 13.2 Å². The molecule has 0 radical (unpaired) electrons. The number of nitrogens with zero attached hydrogens (tertiary/aromatic N) is 1. The van der Waals surface area contributed by atoms with Crippen molar-refractivity contribution in [2.75, 3.05) is 31.2 Å². The van der Waals surface area contributed by atoms with E-state index in [1.165, 1.54) is 11.0 Å². The number of carbonyl (C=O) groups is 2. The van der Waals surface area contributed by atoms with Crippen LogP contribution in [0.1, 0.15) is 37.9 Å². The number of ether oxygens (including phenoxy) is 1. The number of carbonyl (C=O) groups excluding carboxylic acids is 2. The molecule has 0 saturated carbocycles. The van der Waals surface area contributed by atoms with Gasteiger partial charge in [-0.3, -0.25) is 10.1 Å². The maximum absolute atomic E-state index is 12.3. The molecule has 29 heavy (non-hydrogen) atoms. The highest BCUT2D eigenvalue weighted by atomic mass is 32.2. The van der Waals surface area contributed by atoms with Crippen LogP contribution < -0.4 is 10.1 Å². The number of unbranched alkanes of at least 4 members (excludes halogenated alkanes) is 2. The Hall–Kier alpha value is -2.24. The number of rotatable bonds is 11. The summed E-state index contributed by atoms with van der Waals surface area (Å²) in [6.45, 7) is 0.548. The van der Waals surface area contributed by atoms with E-state index in [1.807, 2.05) is 0 Å². The van der Waals surface area contributed by atoms with E-state index in [4.69, 9.17) is 4.42 Å². The van der Waals surface area contributed by atoms with Gasteiger partial charge in [-0.1, -0.05) is 13.3 Å². The molecule has 1 fully saturated rings. The van der Waals surface area contributed by atoms with E-state index in [2.05, 4.69) is 10.1 Å². The summed E-state index contributed by atoms with van der Waals surface area (Å²) in [5.41, 5.74) is 0. The number of nitrogens with one attached hydrogen (secondary N) is 1. The summed E-state index contributed by atoms with van der Waals surface area (Å²) in [5, 5.41) is 2.16. The molecule has 0 aliphatic carbocycles. The topological polar surface area (TPSA) is 106 Å². The van der Waals surface area contributed by atoms with Gasteiger partial charge < -0.3 is 14.1 Å². The molecule has 1 N–H and O–H groups in total. The molecule has 1 aliphatic rings. The Bertz CT molecular complexity index is 821.